The van der Waals surface area contributed by atoms with Crippen LogP contribution in [-0.4, -0.2) is 17.8 Å². The highest BCUT2D eigenvalue weighted by atomic mass is 15.2. The van der Waals surface area contributed by atoms with Crippen LogP contribution in [0.5, 0.6) is 0 Å². The summed E-state index contributed by atoms with van der Waals surface area (Å²) >= 11 is 0. The van der Waals surface area contributed by atoms with Crippen LogP contribution in [0.2, 0.25) is 0 Å². The lowest BCUT2D eigenvalue weighted by atomic mass is 10.4. The molecule has 0 aliphatic rings. The van der Waals surface area contributed by atoms with Crippen LogP contribution in [0.4, 0.5) is 0 Å². The molecule has 0 spiro atoms. The highest BCUT2D eigenvalue weighted by Gasteiger charge is 1.98. The number of guanidine groups is 1. The summed E-state index contributed by atoms with van der Waals surface area (Å²) in [6.07, 6.45) is 0.627. The molecule has 0 radical (unpaired) electrons. The van der Waals surface area contributed by atoms with Crippen LogP contribution in [0.15, 0.2) is 0 Å². The number of nitrogens with one attached hydrogen (secondary N) is 4. The molecule has 0 aromatic carbocycles. The number of hydrogen-bond donors (Lipinski definition) is 4. The molecule has 0 aromatic rings. The van der Waals surface area contributed by atoms with Crippen molar-refractivity contribution in [2.24, 2.45) is 0 Å². The van der Waals surface area contributed by atoms with Gasteiger partial charge in [-0.3, -0.25) is 10.8 Å². The predicted octanol–water partition coefficient (Wildman–Crippen LogP) is 0.896. The summed E-state index contributed by atoms with van der Waals surface area (Å²) in [6, 6.07) is 0.236. The molecular weight excluding hydrogens is 140 g/mol. The van der Waals surface area contributed by atoms with Gasteiger partial charge in [-0.2, -0.15) is 0 Å². The van der Waals surface area contributed by atoms with Gasteiger partial charge in [0.2, 0.25) is 0 Å². The molecule has 0 aromatic heterocycles. The minimum atomic E-state index is 0.201. The summed E-state index contributed by atoms with van der Waals surface area (Å²) in [5, 5.41) is 20.0. The molecule has 0 heterocycles. The van der Waals surface area contributed by atoms with Gasteiger partial charge in [0.05, 0.1) is 5.84 Å². The quantitative estimate of drug-likeness (QED) is 0.354. The third-order valence-electron chi connectivity index (χ3n) is 1.06. The van der Waals surface area contributed by atoms with E-state index in [0.29, 0.717) is 12.3 Å². The first-order chi connectivity index (χ1) is 5.06. The second-order valence-corrected chi connectivity index (χ2v) is 2.63. The Balaban J connectivity index is 3.61. The summed E-state index contributed by atoms with van der Waals surface area (Å²) in [5.74, 6) is 0.565. The van der Waals surface area contributed by atoms with Crippen molar-refractivity contribution < 1.29 is 0 Å². The highest BCUT2D eigenvalue weighted by Crippen LogP contribution is 1.78. The van der Waals surface area contributed by atoms with E-state index in [1.807, 2.05) is 20.8 Å². The van der Waals surface area contributed by atoms with Gasteiger partial charge in [0.15, 0.2) is 5.96 Å². The first kappa shape index (κ1) is 9.94. The fourth-order valence-electron chi connectivity index (χ4n) is 0.564. The fraction of sp³-hybridized carbons (Fsp3) is 0.714. The van der Waals surface area contributed by atoms with Crippen LogP contribution in [-0.2, 0) is 0 Å². The summed E-state index contributed by atoms with van der Waals surface area (Å²) in [4.78, 5) is 0. The van der Waals surface area contributed by atoms with Crippen LogP contribution in [0.25, 0.3) is 0 Å². The van der Waals surface area contributed by atoms with Crippen LogP contribution in [0.3, 0.4) is 0 Å². The summed E-state index contributed by atoms with van der Waals surface area (Å²) in [7, 11) is 0. The number of hydrogen-bond acceptors (Lipinski definition) is 2. The maximum Gasteiger partial charge on any atom is 0.194 e. The Bertz CT molecular complexity index is 151. The van der Waals surface area contributed by atoms with Crippen LogP contribution >= 0.6 is 0 Å². The van der Waals surface area contributed by atoms with Gasteiger partial charge < -0.3 is 10.6 Å². The Morgan fingerprint density at radius 2 is 1.91 bits per heavy atom. The minimum Gasteiger partial charge on any atom is -0.354 e. The van der Waals surface area contributed by atoms with E-state index in [-0.39, 0.29) is 12.0 Å². The lowest BCUT2D eigenvalue weighted by Gasteiger charge is -2.12. The molecule has 11 heavy (non-hydrogen) atoms. The van der Waals surface area contributed by atoms with Gasteiger partial charge in [-0.05, 0) is 13.8 Å². The molecule has 0 aliphatic heterocycles. The molecule has 0 bridgehead atoms. The largest absolute Gasteiger partial charge is 0.354 e. The predicted molar refractivity (Wildman–Crippen MR) is 47.2 cm³/mol. The lowest BCUT2D eigenvalue weighted by molar-refractivity contribution is 0.717. The minimum absolute atomic E-state index is 0.201. The summed E-state index contributed by atoms with van der Waals surface area (Å²) in [5.41, 5.74) is 0. The van der Waals surface area contributed by atoms with Gasteiger partial charge >= 0.3 is 0 Å². The van der Waals surface area contributed by atoms with E-state index in [0.717, 1.165) is 0 Å². The Labute approximate surface area is 67.4 Å². The van der Waals surface area contributed by atoms with Gasteiger partial charge in [0, 0.05) is 12.5 Å². The Kier molecular flexibility index (Phi) is 4.26. The van der Waals surface area contributed by atoms with E-state index in [1.165, 1.54) is 0 Å². The van der Waals surface area contributed by atoms with Crippen molar-refractivity contribution in [3.63, 3.8) is 0 Å². The Morgan fingerprint density at radius 1 is 1.36 bits per heavy atom. The summed E-state index contributed by atoms with van der Waals surface area (Å²) < 4.78 is 0. The number of rotatable bonds is 2. The van der Waals surface area contributed by atoms with Crippen LogP contribution in [0.1, 0.15) is 27.2 Å². The van der Waals surface area contributed by atoms with Crippen molar-refractivity contribution >= 4 is 11.8 Å². The molecule has 0 unspecified atom stereocenters. The number of amidine groups is 1. The van der Waals surface area contributed by atoms with Crippen LogP contribution in [0, 0.1) is 10.8 Å². The van der Waals surface area contributed by atoms with E-state index in [9.17, 15) is 0 Å². The van der Waals surface area contributed by atoms with Crippen molar-refractivity contribution in [3.8, 4) is 0 Å². The standard InChI is InChI=1S/C7H16N4/c1-4-6(8)11-7(9)10-5(2)3/h5H,4H2,1-3H3,(H4,8,9,10,11). The monoisotopic (exact) mass is 156 g/mol. The molecule has 0 amide bonds. The maximum absolute atomic E-state index is 7.29. The molecule has 0 rings (SSSR count). The molecular formula is C7H16N4. The Hall–Kier alpha value is -1.06. The molecule has 4 N–H and O–H groups in total. The van der Waals surface area contributed by atoms with Crippen molar-refractivity contribution in [1.29, 1.82) is 10.8 Å². The van der Waals surface area contributed by atoms with Crippen molar-refractivity contribution in [2.75, 3.05) is 0 Å². The van der Waals surface area contributed by atoms with Crippen molar-refractivity contribution in [3.05, 3.63) is 0 Å². The molecule has 0 aliphatic carbocycles. The SMILES string of the molecule is CCC(=N)NC(=N)NC(C)C. The van der Waals surface area contributed by atoms with Crippen molar-refractivity contribution in [2.45, 2.75) is 33.2 Å². The average molecular weight is 156 g/mol. The highest BCUT2D eigenvalue weighted by molar-refractivity contribution is 5.96. The third kappa shape index (κ3) is 5.39. The van der Waals surface area contributed by atoms with Gasteiger partial charge in [-0.25, -0.2) is 0 Å². The lowest BCUT2D eigenvalue weighted by Crippen LogP contribution is -2.42. The van der Waals surface area contributed by atoms with E-state index in [2.05, 4.69) is 10.6 Å². The van der Waals surface area contributed by atoms with Gasteiger partial charge in [-0.1, -0.05) is 6.92 Å². The normalized spacial score (nSPS) is 9.45. The molecule has 64 valence electrons. The molecule has 4 heteroatoms. The smallest absolute Gasteiger partial charge is 0.194 e. The van der Waals surface area contributed by atoms with E-state index >= 15 is 0 Å². The third-order valence-corrected chi connectivity index (χ3v) is 1.06. The Morgan fingerprint density at radius 3 is 2.27 bits per heavy atom. The molecule has 0 fully saturated rings. The van der Waals surface area contributed by atoms with Crippen molar-refractivity contribution in [1.82, 2.24) is 10.6 Å². The molecule has 4 nitrogen and oxygen atoms in total. The van der Waals surface area contributed by atoms with E-state index in [1.54, 1.807) is 0 Å². The maximum atomic E-state index is 7.29. The van der Waals surface area contributed by atoms with Gasteiger partial charge in [-0.15, -0.1) is 0 Å². The first-order valence-electron chi connectivity index (χ1n) is 3.75. The van der Waals surface area contributed by atoms with E-state index < -0.39 is 0 Å². The zero-order chi connectivity index (χ0) is 8.85. The first-order valence-corrected chi connectivity index (χ1v) is 3.75. The van der Waals surface area contributed by atoms with Crippen LogP contribution < -0.4 is 10.6 Å². The molecule has 0 saturated carbocycles. The summed E-state index contributed by atoms with van der Waals surface area (Å²) in [6.45, 7) is 5.77. The fourth-order valence-corrected chi connectivity index (χ4v) is 0.564. The molecule has 0 atom stereocenters. The zero-order valence-electron chi connectivity index (χ0n) is 7.28. The second-order valence-electron chi connectivity index (χ2n) is 2.63. The average Bonchev–Trinajstić information content (AvgIpc) is 1.85. The van der Waals surface area contributed by atoms with E-state index in [4.69, 9.17) is 10.8 Å². The van der Waals surface area contributed by atoms with Gasteiger partial charge in [0.1, 0.15) is 0 Å². The zero-order valence-corrected chi connectivity index (χ0v) is 7.28. The second kappa shape index (κ2) is 4.71. The molecule has 0 saturated heterocycles. The topological polar surface area (TPSA) is 71.8 Å². The van der Waals surface area contributed by atoms with Gasteiger partial charge in [0.25, 0.3) is 0 Å².